The van der Waals surface area contributed by atoms with Gasteiger partial charge in [0.1, 0.15) is 0 Å². The van der Waals surface area contributed by atoms with E-state index in [0.717, 1.165) is 25.7 Å². The number of quaternary nitrogens is 1. The first kappa shape index (κ1) is 32.8. The predicted molar refractivity (Wildman–Crippen MR) is 146 cm³/mol. The van der Waals surface area contributed by atoms with Crippen molar-refractivity contribution in [3.8, 4) is 0 Å². The predicted octanol–water partition coefficient (Wildman–Crippen LogP) is 9.23. The molecule has 0 bridgehead atoms. The van der Waals surface area contributed by atoms with Crippen LogP contribution >= 0.6 is 7.60 Å². The molecule has 0 aromatic rings. The lowest BCUT2D eigenvalue weighted by atomic mass is 10.0. The van der Waals surface area contributed by atoms with Gasteiger partial charge in [-0.1, -0.05) is 103 Å². The van der Waals surface area contributed by atoms with Gasteiger partial charge in [-0.2, -0.15) is 0 Å². The lowest BCUT2D eigenvalue weighted by molar-refractivity contribution is -0.883. The van der Waals surface area contributed by atoms with Crippen LogP contribution in [0.25, 0.3) is 0 Å². The average Bonchev–Trinajstić information content (AvgIpc) is 2.75. The molecule has 1 N–H and O–H groups in total. The summed E-state index contributed by atoms with van der Waals surface area (Å²) in [5.41, 5.74) is 0. The largest absolute Gasteiger partial charge is 0.385 e. The SMILES string of the molecule is CCCCCCCCCCCCCCC/C=C\CCCCOP(=O)(O)C(CCC)[N+](C)(C)C. The van der Waals surface area contributed by atoms with Gasteiger partial charge in [0.15, 0.2) is 5.78 Å². The van der Waals surface area contributed by atoms with E-state index in [-0.39, 0.29) is 5.78 Å². The minimum atomic E-state index is -3.58. The Morgan fingerprint density at radius 2 is 1.12 bits per heavy atom. The Morgan fingerprint density at radius 1 is 0.697 bits per heavy atom. The number of hydrogen-bond acceptors (Lipinski definition) is 2. The number of allylic oxidation sites excluding steroid dienone is 2. The van der Waals surface area contributed by atoms with Crippen LogP contribution in [-0.4, -0.2) is 42.9 Å². The molecule has 0 aliphatic heterocycles. The highest BCUT2D eigenvalue weighted by Crippen LogP contribution is 2.51. The summed E-state index contributed by atoms with van der Waals surface area (Å²) in [4.78, 5) is 10.4. The molecule has 0 spiro atoms. The highest BCUT2D eigenvalue weighted by Gasteiger charge is 2.41. The molecule has 33 heavy (non-hydrogen) atoms. The first-order valence-corrected chi connectivity index (χ1v) is 15.8. The normalized spacial score (nSPS) is 15.2. The zero-order valence-electron chi connectivity index (χ0n) is 23.0. The molecule has 2 unspecified atom stereocenters. The lowest BCUT2D eigenvalue weighted by Gasteiger charge is -2.35. The van der Waals surface area contributed by atoms with Gasteiger partial charge >= 0.3 is 7.60 Å². The van der Waals surface area contributed by atoms with E-state index in [1.807, 2.05) is 28.1 Å². The average molecular weight is 489 g/mol. The highest BCUT2D eigenvalue weighted by atomic mass is 31.2. The molecule has 4 nitrogen and oxygen atoms in total. The van der Waals surface area contributed by atoms with Gasteiger partial charge in [0.2, 0.25) is 0 Å². The van der Waals surface area contributed by atoms with E-state index >= 15 is 0 Å². The molecule has 0 aromatic heterocycles. The van der Waals surface area contributed by atoms with Crippen molar-refractivity contribution in [2.75, 3.05) is 27.7 Å². The maximum Gasteiger partial charge on any atom is 0.385 e. The van der Waals surface area contributed by atoms with Crippen molar-refractivity contribution in [1.29, 1.82) is 0 Å². The molecular weight excluding hydrogens is 429 g/mol. The summed E-state index contributed by atoms with van der Waals surface area (Å²) < 4.78 is 18.6. The quantitative estimate of drug-likeness (QED) is 0.0637. The van der Waals surface area contributed by atoms with E-state index in [1.165, 1.54) is 89.9 Å². The van der Waals surface area contributed by atoms with E-state index in [1.54, 1.807) is 0 Å². The van der Waals surface area contributed by atoms with Crippen molar-refractivity contribution in [2.45, 2.75) is 142 Å². The third kappa shape index (κ3) is 19.8. The second kappa shape index (κ2) is 21.2. The zero-order chi connectivity index (χ0) is 24.8. The van der Waals surface area contributed by atoms with Gasteiger partial charge < -0.3 is 13.9 Å². The van der Waals surface area contributed by atoms with Gasteiger partial charge in [-0.3, -0.25) is 4.57 Å². The van der Waals surface area contributed by atoms with Crippen molar-refractivity contribution in [3.05, 3.63) is 12.2 Å². The van der Waals surface area contributed by atoms with Gasteiger partial charge in [0.05, 0.1) is 27.7 Å². The van der Waals surface area contributed by atoms with Crippen LogP contribution in [0.4, 0.5) is 0 Å². The number of hydrogen-bond donors (Lipinski definition) is 1. The fraction of sp³-hybridized carbons (Fsp3) is 0.929. The summed E-state index contributed by atoms with van der Waals surface area (Å²) in [6.45, 7) is 4.71. The molecule has 0 heterocycles. The molecule has 5 heteroatoms. The third-order valence-electron chi connectivity index (χ3n) is 6.50. The lowest BCUT2D eigenvalue weighted by Crippen LogP contribution is -2.45. The van der Waals surface area contributed by atoms with Crippen molar-refractivity contribution in [3.63, 3.8) is 0 Å². The molecule has 0 saturated carbocycles. The fourth-order valence-electron chi connectivity index (χ4n) is 4.41. The first-order chi connectivity index (χ1) is 15.8. The van der Waals surface area contributed by atoms with Gasteiger partial charge in [-0.05, 0) is 38.5 Å². The Balaban J connectivity index is 3.54. The Bertz CT molecular complexity index is 502. The van der Waals surface area contributed by atoms with E-state index < -0.39 is 7.60 Å². The molecule has 0 amide bonds. The van der Waals surface area contributed by atoms with Crippen molar-refractivity contribution in [1.82, 2.24) is 0 Å². The Morgan fingerprint density at radius 3 is 1.55 bits per heavy atom. The molecule has 0 aliphatic carbocycles. The van der Waals surface area contributed by atoms with Gasteiger partial charge in [0, 0.05) is 6.42 Å². The molecule has 2 atom stereocenters. The minimum Gasteiger partial charge on any atom is -0.320 e. The summed E-state index contributed by atoms with van der Waals surface area (Å²) >= 11 is 0. The summed E-state index contributed by atoms with van der Waals surface area (Å²) in [6, 6.07) is 0. The van der Waals surface area contributed by atoms with E-state index in [9.17, 15) is 9.46 Å². The first-order valence-electron chi connectivity index (χ1n) is 14.2. The van der Waals surface area contributed by atoms with Crippen LogP contribution < -0.4 is 0 Å². The van der Waals surface area contributed by atoms with Crippen LogP contribution in [0, 0.1) is 0 Å². The zero-order valence-corrected chi connectivity index (χ0v) is 23.9. The van der Waals surface area contributed by atoms with Gasteiger partial charge in [-0.25, -0.2) is 0 Å². The minimum absolute atomic E-state index is 0.345. The maximum absolute atomic E-state index is 12.6. The summed E-state index contributed by atoms with van der Waals surface area (Å²) in [5.74, 6) is -0.345. The summed E-state index contributed by atoms with van der Waals surface area (Å²) in [5, 5.41) is 0. The highest BCUT2D eigenvalue weighted by molar-refractivity contribution is 7.53. The molecule has 0 aliphatic rings. The summed E-state index contributed by atoms with van der Waals surface area (Å²) in [7, 11) is 2.32. The maximum atomic E-state index is 12.6. The Labute approximate surface area is 207 Å². The Hall–Kier alpha value is -0.150. The number of nitrogens with zero attached hydrogens (tertiary/aromatic N) is 1. The van der Waals surface area contributed by atoms with Crippen molar-refractivity contribution < 1.29 is 18.5 Å². The van der Waals surface area contributed by atoms with E-state index in [2.05, 4.69) is 19.1 Å². The molecule has 0 fully saturated rings. The van der Waals surface area contributed by atoms with Gasteiger partial charge in [0.25, 0.3) is 0 Å². The summed E-state index contributed by atoms with van der Waals surface area (Å²) in [6.07, 6.45) is 28.5. The Kier molecular flexibility index (Phi) is 21.1. The van der Waals surface area contributed by atoms with Crippen molar-refractivity contribution >= 4 is 7.60 Å². The van der Waals surface area contributed by atoms with Crippen LogP contribution in [0.2, 0.25) is 0 Å². The van der Waals surface area contributed by atoms with Crippen LogP contribution in [0.3, 0.4) is 0 Å². The molecule has 0 radical (unpaired) electrons. The van der Waals surface area contributed by atoms with Crippen LogP contribution in [0.1, 0.15) is 136 Å². The molecule has 0 aromatic carbocycles. The number of rotatable bonds is 24. The molecule has 0 saturated heterocycles. The van der Waals surface area contributed by atoms with Crippen LogP contribution in [-0.2, 0) is 9.09 Å². The smallest absolute Gasteiger partial charge is 0.320 e. The molecular formula is C28H59NO3P+. The second-order valence-electron chi connectivity index (χ2n) is 10.8. The fourth-order valence-corrected chi connectivity index (χ4v) is 6.43. The standard InChI is InChI=1S/C28H58NO3P/c1-6-8-9-10-11-12-13-14-15-16-17-18-19-20-21-22-23-24-25-27-32-33(30,31)28(26-7-2)29(3,4)5/h21-22,28H,6-20,23-27H2,1-5H3/p+1/b22-21-. The van der Waals surface area contributed by atoms with Crippen LogP contribution in [0.5, 0.6) is 0 Å². The monoisotopic (exact) mass is 488 g/mol. The van der Waals surface area contributed by atoms with E-state index in [0.29, 0.717) is 17.5 Å². The van der Waals surface area contributed by atoms with E-state index in [4.69, 9.17) is 4.52 Å². The molecule has 0 rings (SSSR count). The second-order valence-corrected chi connectivity index (χ2v) is 12.8. The van der Waals surface area contributed by atoms with Crippen molar-refractivity contribution in [2.24, 2.45) is 0 Å². The molecule has 198 valence electrons. The topological polar surface area (TPSA) is 46.5 Å². The van der Waals surface area contributed by atoms with Crippen LogP contribution in [0.15, 0.2) is 12.2 Å². The van der Waals surface area contributed by atoms with Gasteiger partial charge in [-0.15, -0.1) is 0 Å². The number of unbranched alkanes of at least 4 members (excludes halogenated alkanes) is 15. The third-order valence-corrected chi connectivity index (χ3v) is 8.76.